The van der Waals surface area contributed by atoms with Crippen molar-refractivity contribution >= 4 is 23.5 Å². The Morgan fingerprint density at radius 2 is 1.56 bits per heavy atom. The number of esters is 1. The molecule has 3 aromatic rings. The van der Waals surface area contributed by atoms with Crippen LogP contribution in [0.1, 0.15) is 24.9 Å². The highest BCUT2D eigenvalue weighted by atomic mass is 16.5. The zero-order valence-electron chi connectivity index (χ0n) is 20.2. The lowest BCUT2D eigenvalue weighted by Crippen LogP contribution is -2.32. The van der Waals surface area contributed by atoms with Gasteiger partial charge in [0.15, 0.2) is 6.61 Å². The predicted octanol–water partition coefficient (Wildman–Crippen LogP) is 4.26. The molecule has 8 heteroatoms. The molecule has 1 aliphatic heterocycles. The molecule has 1 N–H and O–H groups in total. The molecule has 186 valence electrons. The SMILES string of the molecule is COc1ccc(Oc2ccc(N3C[C@@H](C(=O)OCC(=O)N[C@H](C)c4ccccc4)CC3=O)cc2)cc1. The molecular weight excluding hydrogens is 460 g/mol. The van der Waals surface area contributed by atoms with Gasteiger partial charge in [-0.15, -0.1) is 0 Å². The number of carbonyl (C=O) groups is 3. The average Bonchev–Trinajstić information content (AvgIpc) is 3.30. The summed E-state index contributed by atoms with van der Waals surface area (Å²) >= 11 is 0. The highest BCUT2D eigenvalue weighted by Gasteiger charge is 2.36. The van der Waals surface area contributed by atoms with Gasteiger partial charge in [0.05, 0.1) is 19.1 Å². The van der Waals surface area contributed by atoms with E-state index in [4.69, 9.17) is 14.2 Å². The molecule has 1 saturated heterocycles. The van der Waals surface area contributed by atoms with Gasteiger partial charge in [-0.2, -0.15) is 0 Å². The summed E-state index contributed by atoms with van der Waals surface area (Å²) < 4.78 is 16.2. The molecule has 2 amide bonds. The van der Waals surface area contributed by atoms with Crippen LogP contribution in [0.15, 0.2) is 78.9 Å². The predicted molar refractivity (Wildman–Crippen MR) is 134 cm³/mol. The van der Waals surface area contributed by atoms with Crippen molar-refractivity contribution in [2.75, 3.05) is 25.2 Å². The number of rotatable bonds is 9. The van der Waals surface area contributed by atoms with Gasteiger partial charge in [0.2, 0.25) is 5.91 Å². The van der Waals surface area contributed by atoms with E-state index < -0.39 is 24.4 Å². The fraction of sp³-hybridized carbons (Fsp3) is 0.250. The van der Waals surface area contributed by atoms with Crippen LogP contribution in [0.25, 0.3) is 0 Å². The number of benzene rings is 3. The molecule has 8 nitrogen and oxygen atoms in total. The van der Waals surface area contributed by atoms with Gasteiger partial charge in [-0.05, 0) is 61.0 Å². The summed E-state index contributed by atoms with van der Waals surface area (Å²) in [7, 11) is 1.60. The molecule has 0 bridgehead atoms. The van der Waals surface area contributed by atoms with Crippen molar-refractivity contribution in [3.05, 3.63) is 84.4 Å². The van der Waals surface area contributed by atoms with E-state index in [0.29, 0.717) is 17.2 Å². The van der Waals surface area contributed by atoms with Crippen molar-refractivity contribution in [2.24, 2.45) is 5.92 Å². The first-order valence-corrected chi connectivity index (χ1v) is 11.7. The van der Waals surface area contributed by atoms with Crippen LogP contribution in [0.4, 0.5) is 5.69 Å². The molecule has 0 spiro atoms. The Balaban J connectivity index is 1.27. The molecule has 4 rings (SSSR count). The van der Waals surface area contributed by atoms with Crippen LogP contribution in [0.3, 0.4) is 0 Å². The highest BCUT2D eigenvalue weighted by Crippen LogP contribution is 2.29. The van der Waals surface area contributed by atoms with E-state index in [-0.39, 0.29) is 24.9 Å². The number of amides is 2. The normalized spacial score (nSPS) is 15.8. The summed E-state index contributed by atoms with van der Waals surface area (Å²) in [6.07, 6.45) is 0.0327. The number of ether oxygens (including phenoxy) is 3. The molecule has 0 aliphatic carbocycles. The van der Waals surface area contributed by atoms with Gasteiger partial charge < -0.3 is 24.4 Å². The number of hydrogen-bond acceptors (Lipinski definition) is 6. The van der Waals surface area contributed by atoms with E-state index in [1.807, 2.05) is 37.3 Å². The summed E-state index contributed by atoms with van der Waals surface area (Å²) in [5.41, 5.74) is 1.61. The molecule has 1 aliphatic rings. The fourth-order valence-corrected chi connectivity index (χ4v) is 3.95. The van der Waals surface area contributed by atoms with Crippen molar-refractivity contribution in [1.82, 2.24) is 5.32 Å². The molecule has 3 aromatic carbocycles. The number of nitrogens with one attached hydrogen (secondary N) is 1. The van der Waals surface area contributed by atoms with Crippen LogP contribution in [0, 0.1) is 5.92 Å². The molecule has 0 radical (unpaired) electrons. The van der Waals surface area contributed by atoms with E-state index >= 15 is 0 Å². The Hall–Kier alpha value is -4.33. The lowest BCUT2D eigenvalue weighted by atomic mass is 10.1. The zero-order chi connectivity index (χ0) is 25.5. The van der Waals surface area contributed by atoms with Crippen molar-refractivity contribution in [1.29, 1.82) is 0 Å². The van der Waals surface area contributed by atoms with E-state index in [1.165, 1.54) is 0 Å². The summed E-state index contributed by atoms with van der Waals surface area (Å²) in [5, 5.41) is 2.80. The molecule has 0 saturated carbocycles. The largest absolute Gasteiger partial charge is 0.497 e. The van der Waals surface area contributed by atoms with Crippen LogP contribution in [0.5, 0.6) is 17.2 Å². The van der Waals surface area contributed by atoms with E-state index in [1.54, 1.807) is 60.5 Å². The second kappa shape index (κ2) is 11.4. The Labute approximate surface area is 209 Å². The van der Waals surface area contributed by atoms with E-state index in [2.05, 4.69) is 5.32 Å². The van der Waals surface area contributed by atoms with Gasteiger partial charge >= 0.3 is 5.97 Å². The Kier molecular flexibility index (Phi) is 7.85. The minimum absolute atomic E-state index is 0.0327. The number of nitrogens with zero attached hydrogens (tertiary/aromatic N) is 1. The lowest BCUT2D eigenvalue weighted by molar-refractivity contribution is -0.152. The van der Waals surface area contributed by atoms with Crippen molar-refractivity contribution in [2.45, 2.75) is 19.4 Å². The first kappa shape index (κ1) is 24.8. The minimum Gasteiger partial charge on any atom is -0.497 e. The maximum absolute atomic E-state index is 12.6. The van der Waals surface area contributed by atoms with Crippen molar-refractivity contribution < 1.29 is 28.6 Å². The van der Waals surface area contributed by atoms with Crippen LogP contribution in [-0.2, 0) is 19.1 Å². The quantitative estimate of drug-likeness (QED) is 0.453. The number of carbonyl (C=O) groups excluding carboxylic acids is 3. The van der Waals surface area contributed by atoms with E-state index in [9.17, 15) is 14.4 Å². The second-order valence-electron chi connectivity index (χ2n) is 8.48. The van der Waals surface area contributed by atoms with Gasteiger partial charge in [0, 0.05) is 18.7 Å². The molecule has 0 unspecified atom stereocenters. The van der Waals surface area contributed by atoms with Crippen molar-refractivity contribution in [3.8, 4) is 17.2 Å². The molecule has 0 aromatic heterocycles. The highest BCUT2D eigenvalue weighted by molar-refractivity contribution is 5.99. The molecule has 1 fully saturated rings. The fourth-order valence-electron chi connectivity index (χ4n) is 3.95. The molecule has 2 atom stereocenters. The van der Waals surface area contributed by atoms with Crippen LogP contribution < -0.4 is 19.7 Å². The number of hydrogen-bond donors (Lipinski definition) is 1. The van der Waals surface area contributed by atoms with Gasteiger partial charge in [-0.1, -0.05) is 30.3 Å². The third-order valence-electron chi connectivity index (χ3n) is 5.92. The third-order valence-corrected chi connectivity index (χ3v) is 5.92. The zero-order valence-corrected chi connectivity index (χ0v) is 20.2. The summed E-state index contributed by atoms with van der Waals surface area (Å²) in [4.78, 5) is 38.8. The van der Waals surface area contributed by atoms with Crippen LogP contribution >= 0.6 is 0 Å². The Morgan fingerprint density at radius 1 is 0.944 bits per heavy atom. The summed E-state index contributed by atoms with van der Waals surface area (Å²) in [6.45, 7) is 1.66. The standard InChI is InChI=1S/C28H28N2O6/c1-19(20-6-4-3-5-7-20)29-26(31)18-35-28(33)21-16-27(32)30(17-21)22-8-10-24(11-9-22)36-25-14-12-23(34-2)13-15-25/h3-15,19,21H,16-18H2,1-2H3,(H,29,31)/t19-,21+/m1/s1. The summed E-state index contributed by atoms with van der Waals surface area (Å²) in [6, 6.07) is 23.6. The molecular formula is C28H28N2O6. The molecule has 1 heterocycles. The third kappa shape index (κ3) is 6.21. The van der Waals surface area contributed by atoms with Crippen LogP contribution in [0.2, 0.25) is 0 Å². The topological polar surface area (TPSA) is 94.2 Å². The lowest BCUT2D eigenvalue weighted by Gasteiger charge is -2.17. The van der Waals surface area contributed by atoms with Gasteiger partial charge in [0.25, 0.3) is 5.91 Å². The van der Waals surface area contributed by atoms with E-state index in [0.717, 1.165) is 11.3 Å². The monoisotopic (exact) mass is 488 g/mol. The number of methoxy groups -OCH3 is 1. The second-order valence-corrected chi connectivity index (χ2v) is 8.48. The van der Waals surface area contributed by atoms with Crippen molar-refractivity contribution in [3.63, 3.8) is 0 Å². The maximum Gasteiger partial charge on any atom is 0.311 e. The van der Waals surface area contributed by atoms with Gasteiger partial charge in [0.1, 0.15) is 17.2 Å². The Morgan fingerprint density at radius 3 is 2.19 bits per heavy atom. The van der Waals surface area contributed by atoms with Crippen LogP contribution in [-0.4, -0.2) is 38.0 Å². The average molecular weight is 489 g/mol. The summed E-state index contributed by atoms with van der Waals surface area (Å²) in [5.74, 6) is 0.241. The number of anilines is 1. The maximum atomic E-state index is 12.6. The molecule has 36 heavy (non-hydrogen) atoms. The first-order chi connectivity index (χ1) is 17.4. The minimum atomic E-state index is -0.632. The van der Waals surface area contributed by atoms with Gasteiger partial charge in [-0.25, -0.2) is 0 Å². The Bertz CT molecular complexity index is 1190. The first-order valence-electron chi connectivity index (χ1n) is 11.7. The van der Waals surface area contributed by atoms with Gasteiger partial charge in [-0.3, -0.25) is 14.4 Å². The smallest absolute Gasteiger partial charge is 0.311 e.